The summed E-state index contributed by atoms with van der Waals surface area (Å²) in [6, 6.07) is 3.76. The second-order valence-electron chi connectivity index (χ2n) is 6.96. The van der Waals surface area contributed by atoms with Crippen LogP contribution in [0.3, 0.4) is 0 Å². The average molecular weight is 341 g/mol. The van der Waals surface area contributed by atoms with Crippen LogP contribution in [0.2, 0.25) is 0 Å². The third kappa shape index (κ3) is 4.59. The Morgan fingerprint density at radius 3 is 2.76 bits per heavy atom. The van der Waals surface area contributed by atoms with Crippen LogP contribution in [-0.2, 0) is 6.42 Å². The van der Waals surface area contributed by atoms with Crippen molar-refractivity contribution in [1.82, 2.24) is 20.1 Å². The SMILES string of the molecule is Cc1[nH]ncc1CCCNc1ccc(C(=O)N2CCC(C)CC2)cn1. The maximum absolute atomic E-state index is 12.5. The molecule has 0 unspecified atom stereocenters. The topological polar surface area (TPSA) is 73.9 Å². The van der Waals surface area contributed by atoms with E-state index in [-0.39, 0.29) is 5.91 Å². The van der Waals surface area contributed by atoms with Crippen LogP contribution in [0.4, 0.5) is 5.82 Å². The number of aromatic amines is 1. The van der Waals surface area contributed by atoms with Crippen LogP contribution in [0.1, 0.15) is 47.8 Å². The van der Waals surface area contributed by atoms with Crippen molar-refractivity contribution in [3.63, 3.8) is 0 Å². The van der Waals surface area contributed by atoms with Crippen LogP contribution in [0.25, 0.3) is 0 Å². The van der Waals surface area contributed by atoms with Crippen LogP contribution >= 0.6 is 0 Å². The fourth-order valence-corrected chi connectivity index (χ4v) is 3.14. The van der Waals surface area contributed by atoms with E-state index in [0.29, 0.717) is 5.56 Å². The molecule has 25 heavy (non-hydrogen) atoms. The van der Waals surface area contributed by atoms with Crippen molar-refractivity contribution in [2.45, 2.75) is 39.5 Å². The van der Waals surface area contributed by atoms with Crippen LogP contribution in [0.15, 0.2) is 24.5 Å². The quantitative estimate of drug-likeness (QED) is 0.792. The number of hydrogen-bond donors (Lipinski definition) is 2. The highest BCUT2D eigenvalue weighted by Crippen LogP contribution is 2.18. The van der Waals surface area contributed by atoms with E-state index in [1.54, 1.807) is 6.20 Å². The molecule has 1 aliphatic heterocycles. The zero-order chi connectivity index (χ0) is 17.6. The summed E-state index contributed by atoms with van der Waals surface area (Å²) in [5.74, 6) is 1.63. The number of likely N-dealkylation sites (tertiary alicyclic amines) is 1. The van der Waals surface area contributed by atoms with Gasteiger partial charge in [0.1, 0.15) is 5.82 Å². The number of piperidine rings is 1. The van der Waals surface area contributed by atoms with Gasteiger partial charge in [0.2, 0.25) is 0 Å². The van der Waals surface area contributed by atoms with Gasteiger partial charge in [-0.05, 0) is 56.2 Å². The van der Waals surface area contributed by atoms with Crippen molar-refractivity contribution in [3.8, 4) is 0 Å². The molecule has 2 aromatic rings. The maximum Gasteiger partial charge on any atom is 0.255 e. The second kappa shape index (κ2) is 8.14. The number of rotatable bonds is 6. The fraction of sp³-hybridized carbons (Fsp3) is 0.526. The number of nitrogens with zero attached hydrogens (tertiary/aromatic N) is 3. The van der Waals surface area contributed by atoms with Crippen molar-refractivity contribution in [2.75, 3.05) is 25.0 Å². The highest BCUT2D eigenvalue weighted by Gasteiger charge is 2.21. The summed E-state index contributed by atoms with van der Waals surface area (Å²) in [6.07, 6.45) is 7.75. The van der Waals surface area contributed by atoms with Crippen molar-refractivity contribution < 1.29 is 4.79 Å². The third-order valence-corrected chi connectivity index (χ3v) is 4.94. The first-order valence-electron chi connectivity index (χ1n) is 9.11. The van der Waals surface area contributed by atoms with Crippen LogP contribution in [-0.4, -0.2) is 45.6 Å². The fourth-order valence-electron chi connectivity index (χ4n) is 3.14. The number of H-pyrrole nitrogens is 1. The standard InChI is InChI=1S/C19H27N5O/c1-14-7-10-24(11-8-14)19(25)17-5-6-18(21-12-17)20-9-3-4-16-13-22-23-15(16)2/h5-6,12-14H,3-4,7-11H2,1-2H3,(H,20,21)(H,22,23). The molecule has 0 saturated carbocycles. The Hall–Kier alpha value is -2.37. The maximum atomic E-state index is 12.5. The van der Waals surface area contributed by atoms with E-state index >= 15 is 0 Å². The summed E-state index contributed by atoms with van der Waals surface area (Å²) in [4.78, 5) is 18.8. The van der Waals surface area contributed by atoms with Gasteiger partial charge in [0.25, 0.3) is 5.91 Å². The molecule has 0 atom stereocenters. The number of anilines is 1. The minimum atomic E-state index is 0.0985. The van der Waals surface area contributed by atoms with Gasteiger partial charge in [-0.3, -0.25) is 9.89 Å². The van der Waals surface area contributed by atoms with Gasteiger partial charge >= 0.3 is 0 Å². The summed E-state index contributed by atoms with van der Waals surface area (Å²) in [6.45, 7) is 6.84. The molecule has 3 heterocycles. The number of amides is 1. The Morgan fingerprint density at radius 2 is 2.12 bits per heavy atom. The number of aryl methyl sites for hydroxylation is 2. The van der Waals surface area contributed by atoms with Gasteiger partial charge in [-0.2, -0.15) is 5.10 Å². The van der Waals surface area contributed by atoms with Crippen LogP contribution in [0.5, 0.6) is 0 Å². The lowest BCUT2D eigenvalue weighted by Crippen LogP contribution is -2.37. The second-order valence-corrected chi connectivity index (χ2v) is 6.96. The summed E-state index contributed by atoms with van der Waals surface area (Å²) in [7, 11) is 0. The zero-order valence-electron chi connectivity index (χ0n) is 15.1. The van der Waals surface area contributed by atoms with Gasteiger partial charge in [-0.25, -0.2) is 4.98 Å². The Balaban J connectivity index is 1.45. The lowest BCUT2D eigenvalue weighted by molar-refractivity contribution is 0.0697. The smallest absolute Gasteiger partial charge is 0.255 e. The molecule has 2 aromatic heterocycles. The first-order chi connectivity index (χ1) is 12.1. The van der Waals surface area contributed by atoms with E-state index < -0.39 is 0 Å². The Kier molecular flexibility index (Phi) is 5.68. The number of carbonyl (C=O) groups excluding carboxylic acids is 1. The van der Waals surface area contributed by atoms with E-state index in [1.165, 1.54) is 5.56 Å². The Bertz CT molecular complexity index is 686. The van der Waals surface area contributed by atoms with Gasteiger partial charge in [0.15, 0.2) is 0 Å². The predicted octanol–water partition coefficient (Wildman–Crippen LogP) is 3.03. The minimum absolute atomic E-state index is 0.0985. The number of nitrogens with one attached hydrogen (secondary N) is 2. The van der Waals surface area contributed by atoms with Crippen LogP contribution < -0.4 is 5.32 Å². The van der Waals surface area contributed by atoms with E-state index in [1.807, 2.05) is 30.2 Å². The number of carbonyl (C=O) groups is 1. The van der Waals surface area contributed by atoms with Gasteiger partial charge in [0.05, 0.1) is 11.8 Å². The summed E-state index contributed by atoms with van der Waals surface area (Å²) in [5, 5.41) is 10.3. The van der Waals surface area contributed by atoms with E-state index in [9.17, 15) is 4.79 Å². The molecule has 1 fully saturated rings. The van der Waals surface area contributed by atoms with Crippen molar-refractivity contribution >= 4 is 11.7 Å². The molecule has 1 aliphatic rings. The van der Waals surface area contributed by atoms with E-state index in [0.717, 1.165) is 62.7 Å². The third-order valence-electron chi connectivity index (χ3n) is 4.94. The molecule has 3 rings (SSSR count). The molecular weight excluding hydrogens is 314 g/mol. The van der Waals surface area contributed by atoms with Crippen molar-refractivity contribution in [2.24, 2.45) is 5.92 Å². The lowest BCUT2D eigenvalue weighted by Gasteiger charge is -2.30. The Labute approximate surface area is 149 Å². The monoisotopic (exact) mass is 341 g/mol. The minimum Gasteiger partial charge on any atom is -0.370 e. The molecule has 1 amide bonds. The molecular formula is C19H27N5O. The van der Waals surface area contributed by atoms with Gasteiger partial charge in [-0.15, -0.1) is 0 Å². The lowest BCUT2D eigenvalue weighted by atomic mass is 9.99. The van der Waals surface area contributed by atoms with Gasteiger partial charge in [-0.1, -0.05) is 6.92 Å². The zero-order valence-corrected chi connectivity index (χ0v) is 15.1. The number of aromatic nitrogens is 3. The molecule has 134 valence electrons. The normalized spacial score (nSPS) is 15.4. The molecule has 0 aromatic carbocycles. The largest absolute Gasteiger partial charge is 0.370 e. The molecule has 2 N–H and O–H groups in total. The highest BCUT2D eigenvalue weighted by atomic mass is 16.2. The van der Waals surface area contributed by atoms with E-state index in [2.05, 4.69) is 27.4 Å². The van der Waals surface area contributed by atoms with Crippen LogP contribution in [0, 0.1) is 12.8 Å². The predicted molar refractivity (Wildman–Crippen MR) is 98.7 cm³/mol. The number of hydrogen-bond acceptors (Lipinski definition) is 4. The molecule has 1 saturated heterocycles. The molecule has 0 spiro atoms. The molecule has 0 aliphatic carbocycles. The molecule has 0 bridgehead atoms. The Morgan fingerprint density at radius 1 is 1.32 bits per heavy atom. The summed E-state index contributed by atoms with van der Waals surface area (Å²) in [5.41, 5.74) is 3.06. The van der Waals surface area contributed by atoms with Gasteiger partial charge < -0.3 is 10.2 Å². The van der Waals surface area contributed by atoms with Gasteiger partial charge in [0, 0.05) is 31.5 Å². The first-order valence-corrected chi connectivity index (χ1v) is 9.11. The average Bonchev–Trinajstić information content (AvgIpc) is 3.04. The first kappa shape index (κ1) is 17.5. The molecule has 0 radical (unpaired) electrons. The molecule has 6 nitrogen and oxygen atoms in total. The molecule has 6 heteroatoms. The summed E-state index contributed by atoms with van der Waals surface area (Å²) < 4.78 is 0. The summed E-state index contributed by atoms with van der Waals surface area (Å²) >= 11 is 0. The van der Waals surface area contributed by atoms with Crippen molar-refractivity contribution in [3.05, 3.63) is 41.3 Å². The van der Waals surface area contributed by atoms with E-state index in [4.69, 9.17) is 0 Å². The highest BCUT2D eigenvalue weighted by molar-refractivity contribution is 5.94. The van der Waals surface area contributed by atoms with Crippen molar-refractivity contribution in [1.29, 1.82) is 0 Å². The number of pyridine rings is 1.